The molecule has 0 aromatic carbocycles. The molecule has 0 radical (unpaired) electrons. The molecule has 0 bridgehead atoms. The smallest absolute Gasteiger partial charge is 0.223 e. The number of likely N-dealkylation sites (tertiary alicyclic amines) is 1. The lowest BCUT2D eigenvalue weighted by atomic mass is 10.0. The molecule has 1 atom stereocenters. The maximum absolute atomic E-state index is 11.6. The number of alkyl halides is 1. The van der Waals surface area contributed by atoms with Crippen molar-refractivity contribution in [3.8, 4) is 0 Å². The summed E-state index contributed by atoms with van der Waals surface area (Å²) in [6.07, 6.45) is 0.311. The minimum Gasteiger partial charge on any atom is -0.394 e. The predicted octanol–water partition coefficient (Wildman–Crippen LogP) is -1.21. The van der Waals surface area contributed by atoms with Crippen molar-refractivity contribution in [2.75, 3.05) is 32.2 Å². The molecule has 1 aliphatic rings. The fraction of sp³-hybridized carbons (Fsp3) is 0.889. The summed E-state index contributed by atoms with van der Waals surface area (Å²) in [6.45, 7) is -0.994. The van der Waals surface area contributed by atoms with Crippen molar-refractivity contribution in [1.82, 2.24) is 4.90 Å². The molecule has 6 heteroatoms. The second-order valence-electron chi connectivity index (χ2n) is 3.93. The van der Waals surface area contributed by atoms with E-state index in [1.165, 1.54) is 4.90 Å². The molecule has 0 aromatic rings. The number of carbonyl (C=O) groups excluding carboxylic acids is 1. The molecule has 1 saturated heterocycles. The van der Waals surface area contributed by atoms with Gasteiger partial charge in [0, 0.05) is 18.8 Å². The second kappa shape index (κ2) is 5.12. The van der Waals surface area contributed by atoms with Gasteiger partial charge in [-0.15, -0.1) is 11.6 Å². The molecule has 1 unspecified atom stereocenters. The van der Waals surface area contributed by atoms with Crippen molar-refractivity contribution in [2.24, 2.45) is 5.92 Å². The molecule has 0 aromatic heterocycles. The first kappa shape index (κ1) is 12.7. The van der Waals surface area contributed by atoms with Gasteiger partial charge in [-0.1, -0.05) is 0 Å². The first-order valence-corrected chi connectivity index (χ1v) is 5.36. The van der Waals surface area contributed by atoms with E-state index in [0.29, 0.717) is 18.8 Å². The minimum atomic E-state index is -1.25. The fourth-order valence-corrected chi connectivity index (χ4v) is 1.96. The Bertz CT molecular complexity index is 224. The molecule has 15 heavy (non-hydrogen) atoms. The molecule has 1 fully saturated rings. The maximum atomic E-state index is 11.6. The molecule has 3 N–H and O–H groups in total. The van der Waals surface area contributed by atoms with E-state index in [4.69, 9.17) is 26.9 Å². The standard InChI is InChI=1S/C9H16ClNO4/c10-2-7-1-8(15)11(3-7)9(4-12,5-13)6-14/h7,12-14H,1-6H2. The van der Waals surface area contributed by atoms with Crippen molar-refractivity contribution in [1.29, 1.82) is 0 Å². The molecule has 0 saturated carbocycles. The summed E-state index contributed by atoms with van der Waals surface area (Å²) in [4.78, 5) is 12.9. The highest BCUT2D eigenvalue weighted by atomic mass is 35.5. The van der Waals surface area contributed by atoms with E-state index >= 15 is 0 Å². The number of carbonyl (C=O) groups is 1. The molecule has 1 amide bonds. The van der Waals surface area contributed by atoms with Crippen LogP contribution in [0.25, 0.3) is 0 Å². The number of rotatable bonds is 5. The first-order valence-electron chi connectivity index (χ1n) is 4.82. The number of aliphatic hydroxyl groups excluding tert-OH is 3. The molecule has 1 aliphatic heterocycles. The van der Waals surface area contributed by atoms with Gasteiger partial charge >= 0.3 is 0 Å². The molecule has 88 valence electrons. The Morgan fingerprint density at radius 2 is 1.87 bits per heavy atom. The van der Waals surface area contributed by atoms with E-state index in [0.717, 1.165) is 0 Å². The quantitative estimate of drug-likeness (QED) is 0.524. The number of amides is 1. The largest absolute Gasteiger partial charge is 0.394 e. The molecule has 1 rings (SSSR count). The number of halogens is 1. The van der Waals surface area contributed by atoms with Crippen molar-refractivity contribution in [3.05, 3.63) is 0 Å². The van der Waals surface area contributed by atoms with Gasteiger partial charge in [0.1, 0.15) is 5.54 Å². The highest BCUT2D eigenvalue weighted by Gasteiger charge is 2.43. The summed E-state index contributed by atoms with van der Waals surface area (Å²) in [6, 6.07) is 0. The van der Waals surface area contributed by atoms with Gasteiger partial charge in [0.05, 0.1) is 19.8 Å². The van der Waals surface area contributed by atoms with Gasteiger partial charge in [0.25, 0.3) is 0 Å². The molecular weight excluding hydrogens is 222 g/mol. The Kier molecular flexibility index (Phi) is 4.33. The fourth-order valence-electron chi connectivity index (χ4n) is 1.75. The van der Waals surface area contributed by atoms with Crippen LogP contribution >= 0.6 is 11.6 Å². The van der Waals surface area contributed by atoms with Gasteiger partial charge in [0.2, 0.25) is 5.91 Å². The van der Waals surface area contributed by atoms with E-state index in [1.807, 2.05) is 0 Å². The Hall–Kier alpha value is -0.360. The van der Waals surface area contributed by atoms with Gasteiger partial charge in [0.15, 0.2) is 0 Å². The van der Waals surface area contributed by atoms with Crippen LogP contribution in [0.5, 0.6) is 0 Å². The minimum absolute atomic E-state index is 0.0307. The average Bonchev–Trinajstić information content (AvgIpc) is 2.64. The summed E-state index contributed by atoms with van der Waals surface area (Å²) >= 11 is 5.65. The molecule has 1 heterocycles. The average molecular weight is 238 g/mol. The van der Waals surface area contributed by atoms with Crippen molar-refractivity contribution in [3.63, 3.8) is 0 Å². The lowest BCUT2D eigenvalue weighted by molar-refractivity contribution is -0.140. The van der Waals surface area contributed by atoms with Crippen LogP contribution in [0.3, 0.4) is 0 Å². The second-order valence-corrected chi connectivity index (χ2v) is 4.24. The van der Waals surface area contributed by atoms with Crippen LogP contribution in [-0.2, 0) is 4.79 Å². The summed E-state index contributed by atoms with van der Waals surface area (Å²) in [5.74, 6) is 0.210. The Balaban J connectivity index is 2.81. The molecule has 5 nitrogen and oxygen atoms in total. The van der Waals surface area contributed by atoms with Gasteiger partial charge in [-0.25, -0.2) is 0 Å². The number of nitrogens with zero attached hydrogens (tertiary/aromatic N) is 1. The maximum Gasteiger partial charge on any atom is 0.223 e. The van der Waals surface area contributed by atoms with Crippen LogP contribution < -0.4 is 0 Å². The van der Waals surface area contributed by atoms with Crippen molar-refractivity contribution >= 4 is 17.5 Å². The highest BCUT2D eigenvalue weighted by Crippen LogP contribution is 2.26. The molecular formula is C9H16ClNO4. The SMILES string of the molecule is O=C1CC(CCl)CN1C(CO)(CO)CO. The topological polar surface area (TPSA) is 81.0 Å². The van der Waals surface area contributed by atoms with E-state index in [-0.39, 0.29) is 11.8 Å². The van der Waals surface area contributed by atoms with Crippen LogP contribution in [0.4, 0.5) is 0 Å². The summed E-state index contributed by atoms with van der Waals surface area (Å²) in [5.41, 5.74) is -1.25. The normalized spacial score (nSPS) is 22.5. The lowest BCUT2D eigenvalue weighted by Crippen LogP contribution is -2.57. The Morgan fingerprint density at radius 3 is 2.20 bits per heavy atom. The Labute approximate surface area is 93.3 Å². The van der Waals surface area contributed by atoms with Gasteiger partial charge in [-0.2, -0.15) is 0 Å². The van der Waals surface area contributed by atoms with Crippen LogP contribution in [-0.4, -0.2) is 63.9 Å². The van der Waals surface area contributed by atoms with E-state index in [2.05, 4.69) is 0 Å². The van der Waals surface area contributed by atoms with Gasteiger partial charge in [-0.3, -0.25) is 4.79 Å². The van der Waals surface area contributed by atoms with Crippen LogP contribution in [0.1, 0.15) is 6.42 Å². The van der Waals surface area contributed by atoms with E-state index in [9.17, 15) is 4.79 Å². The predicted molar refractivity (Wildman–Crippen MR) is 54.5 cm³/mol. The zero-order valence-corrected chi connectivity index (χ0v) is 9.15. The Morgan fingerprint density at radius 1 is 1.33 bits per heavy atom. The van der Waals surface area contributed by atoms with Gasteiger partial charge < -0.3 is 20.2 Å². The number of hydrogen-bond acceptors (Lipinski definition) is 4. The zero-order valence-electron chi connectivity index (χ0n) is 8.40. The third kappa shape index (κ3) is 2.25. The third-order valence-corrected chi connectivity index (χ3v) is 3.32. The lowest BCUT2D eigenvalue weighted by Gasteiger charge is -2.37. The molecule has 0 spiro atoms. The highest BCUT2D eigenvalue weighted by molar-refractivity contribution is 6.18. The first-order chi connectivity index (χ1) is 7.13. The van der Waals surface area contributed by atoms with Crippen molar-refractivity contribution < 1.29 is 20.1 Å². The van der Waals surface area contributed by atoms with Crippen LogP contribution in [0.2, 0.25) is 0 Å². The monoisotopic (exact) mass is 237 g/mol. The summed E-state index contributed by atoms with van der Waals surface area (Å²) in [7, 11) is 0. The number of aliphatic hydroxyl groups is 3. The van der Waals surface area contributed by atoms with E-state index in [1.54, 1.807) is 0 Å². The summed E-state index contributed by atoms with van der Waals surface area (Å²) < 4.78 is 0. The van der Waals surface area contributed by atoms with E-state index < -0.39 is 25.4 Å². The van der Waals surface area contributed by atoms with Crippen LogP contribution in [0.15, 0.2) is 0 Å². The van der Waals surface area contributed by atoms with Crippen LogP contribution in [0, 0.1) is 5.92 Å². The third-order valence-electron chi connectivity index (χ3n) is 2.88. The van der Waals surface area contributed by atoms with Crippen molar-refractivity contribution in [2.45, 2.75) is 12.0 Å². The number of hydrogen-bond donors (Lipinski definition) is 3. The zero-order chi connectivity index (χ0) is 11.5. The molecule has 0 aliphatic carbocycles. The summed E-state index contributed by atoms with van der Waals surface area (Å²) in [5, 5.41) is 27.5. The van der Waals surface area contributed by atoms with Gasteiger partial charge in [-0.05, 0) is 5.92 Å².